The number of piperazine rings is 1. The maximum atomic E-state index is 13.7. The number of rotatable bonds is 6. The minimum absolute atomic E-state index is 0.212. The summed E-state index contributed by atoms with van der Waals surface area (Å²) in [7, 11) is 0. The van der Waals surface area contributed by atoms with E-state index in [2.05, 4.69) is 37.2 Å². The predicted molar refractivity (Wildman–Crippen MR) is 129 cm³/mol. The first kappa shape index (κ1) is 23.2. The van der Waals surface area contributed by atoms with Crippen molar-refractivity contribution in [3.63, 3.8) is 0 Å². The number of anilines is 1. The number of carbonyl (C=O) groups is 1. The van der Waals surface area contributed by atoms with Crippen molar-refractivity contribution in [1.82, 2.24) is 20.2 Å². The second-order valence-corrected chi connectivity index (χ2v) is 8.86. The summed E-state index contributed by atoms with van der Waals surface area (Å²) in [5.41, 5.74) is 1.38. The van der Waals surface area contributed by atoms with Crippen molar-refractivity contribution in [1.29, 1.82) is 0 Å². The summed E-state index contributed by atoms with van der Waals surface area (Å²) in [6.45, 7) is 3.04. The van der Waals surface area contributed by atoms with Gasteiger partial charge in [-0.05, 0) is 24.3 Å². The van der Waals surface area contributed by atoms with Crippen LogP contribution >= 0.6 is 0 Å². The van der Waals surface area contributed by atoms with Crippen LogP contribution in [0.25, 0.3) is 0 Å². The van der Waals surface area contributed by atoms with Gasteiger partial charge in [0.1, 0.15) is 29.5 Å². The number of halogens is 1. The fourth-order valence-electron chi connectivity index (χ4n) is 5.01. The molecule has 1 aliphatic carbocycles. The van der Waals surface area contributed by atoms with Gasteiger partial charge in [-0.3, -0.25) is 14.7 Å². The number of aliphatic hydroxyl groups excluding tert-OH is 1. The molecule has 0 bridgehead atoms. The predicted octanol–water partition coefficient (Wildman–Crippen LogP) is 2.12. The smallest absolute Gasteiger partial charge is 0.271 e. The molecular weight excluding hydrogens is 449 g/mol. The number of ether oxygens (including phenoxy) is 1. The van der Waals surface area contributed by atoms with Crippen molar-refractivity contribution in [2.75, 3.05) is 31.1 Å². The van der Waals surface area contributed by atoms with Gasteiger partial charge in [-0.15, -0.1) is 0 Å². The topological polar surface area (TPSA) is 90.8 Å². The lowest BCUT2D eigenvalue weighted by molar-refractivity contribution is 0.00527. The summed E-state index contributed by atoms with van der Waals surface area (Å²) in [5.74, 6) is -0.409. The molecule has 8 nitrogen and oxygen atoms in total. The summed E-state index contributed by atoms with van der Waals surface area (Å²) >= 11 is 0. The van der Waals surface area contributed by atoms with Crippen LogP contribution in [0.2, 0.25) is 0 Å². The van der Waals surface area contributed by atoms with Crippen molar-refractivity contribution in [3.05, 3.63) is 84.7 Å². The molecule has 0 radical (unpaired) electrons. The van der Waals surface area contributed by atoms with Crippen molar-refractivity contribution in [2.45, 2.75) is 30.7 Å². The zero-order valence-electron chi connectivity index (χ0n) is 19.2. The van der Waals surface area contributed by atoms with E-state index in [4.69, 9.17) is 4.74 Å². The van der Waals surface area contributed by atoms with E-state index in [9.17, 15) is 14.3 Å². The number of carbonyl (C=O) groups excluding carboxylic acids is 1. The molecule has 1 saturated carbocycles. The number of hydrogen-bond donors (Lipinski definition) is 2. The lowest BCUT2D eigenvalue weighted by Crippen LogP contribution is -2.59. The monoisotopic (exact) mass is 477 g/mol. The molecule has 1 aliphatic heterocycles. The summed E-state index contributed by atoms with van der Waals surface area (Å²) in [5, 5.41) is 14.3. The molecule has 1 amide bonds. The molecule has 5 rings (SSSR count). The fourth-order valence-corrected chi connectivity index (χ4v) is 5.01. The Morgan fingerprint density at radius 2 is 1.86 bits per heavy atom. The third-order valence-electron chi connectivity index (χ3n) is 6.68. The van der Waals surface area contributed by atoms with E-state index in [0.29, 0.717) is 12.2 Å². The number of nitrogens with one attached hydrogen (secondary N) is 1. The van der Waals surface area contributed by atoms with Crippen molar-refractivity contribution in [2.24, 2.45) is 0 Å². The van der Waals surface area contributed by atoms with Gasteiger partial charge in [-0.1, -0.05) is 24.3 Å². The number of benzene rings is 2. The highest BCUT2D eigenvalue weighted by molar-refractivity contribution is 5.92. The molecule has 2 fully saturated rings. The third kappa shape index (κ3) is 5.26. The van der Waals surface area contributed by atoms with Crippen molar-refractivity contribution >= 4 is 11.6 Å². The first-order valence-corrected chi connectivity index (χ1v) is 11.8. The quantitative estimate of drug-likeness (QED) is 0.562. The van der Waals surface area contributed by atoms with Crippen LogP contribution in [0.5, 0.6) is 5.75 Å². The summed E-state index contributed by atoms with van der Waals surface area (Å²) < 4.78 is 19.7. The Kier molecular flexibility index (Phi) is 6.87. The van der Waals surface area contributed by atoms with Gasteiger partial charge in [-0.25, -0.2) is 9.37 Å². The highest BCUT2D eigenvalue weighted by Crippen LogP contribution is 2.31. The van der Waals surface area contributed by atoms with Gasteiger partial charge in [0.15, 0.2) is 0 Å². The molecule has 0 unspecified atom stereocenters. The van der Waals surface area contributed by atoms with Gasteiger partial charge in [0, 0.05) is 56.7 Å². The zero-order valence-corrected chi connectivity index (χ0v) is 19.2. The van der Waals surface area contributed by atoms with Gasteiger partial charge in [0.2, 0.25) is 0 Å². The molecule has 2 aliphatic rings. The molecule has 4 atom stereocenters. The number of hydrogen-bond acceptors (Lipinski definition) is 7. The molecule has 182 valence electrons. The van der Waals surface area contributed by atoms with Crippen LogP contribution in [-0.4, -0.2) is 76.4 Å². The second-order valence-electron chi connectivity index (χ2n) is 8.86. The Morgan fingerprint density at radius 1 is 1.06 bits per heavy atom. The third-order valence-corrected chi connectivity index (χ3v) is 6.68. The maximum absolute atomic E-state index is 13.7. The van der Waals surface area contributed by atoms with Crippen molar-refractivity contribution < 1.29 is 19.0 Å². The lowest BCUT2D eigenvalue weighted by atomic mass is 10.1. The van der Waals surface area contributed by atoms with Gasteiger partial charge >= 0.3 is 0 Å². The van der Waals surface area contributed by atoms with Gasteiger partial charge in [0.05, 0.1) is 18.3 Å². The molecule has 1 aromatic heterocycles. The average Bonchev–Trinajstić information content (AvgIpc) is 3.19. The minimum atomic E-state index is -0.867. The van der Waals surface area contributed by atoms with E-state index >= 15 is 0 Å². The Labute approximate surface area is 203 Å². The first-order chi connectivity index (χ1) is 17.1. The second kappa shape index (κ2) is 10.4. The SMILES string of the molecule is O=C(N[C@@H]1C[C@@H](Oc2cccc(F)c2)[C@H](O)[C@H]1N1CCN(c2ccccc2)CC1)c1cnccn1. The zero-order chi connectivity index (χ0) is 24.2. The molecular formula is C26H28FN5O3. The molecule has 2 heterocycles. The van der Waals surface area contributed by atoms with E-state index in [0.717, 1.165) is 26.2 Å². The molecule has 3 aromatic rings. The molecule has 2 N–H and O–H groups in total. The first-order valence-electron chi connectivity index (χ1n) is 11.8. The van der Waals surface area contributed by atoms with E-state index in [1.54, 1.807) is 12.1 Å². The van der Waals surface area contributed by atoms with Crippen LogP contribution in [0.3, 0.4) is 0 Å². The molecule has 9 heteroatoms. The molecule has 1 saturated heterocycles. The van der Waals surface area contributed by atoms with Gasteiger partial charge < -0.3 is 20.1 Å². The number of aliphatic hydroxyl groups is 1. The summed E-state index contributed by atoms with van der Waals surface area (Å²) in [4.78, 5) is 25.4. The lowest BCUT2D eigenvalue weighted by Gasteiger charge is -2.42. The standard InChI is InChI=1S/C26H28FN5O3/c27-18-5-4-8-20(15-18)35-23-16-21(30-26(34)22-17-28-9-10-29-22)24(25(23)33)32-13-11-31(12-14-32)19-6-2-1-3-7-19/h1-10,15,17,21,23-25,33H,11-14,16H2,(H,30,34)/t21-,23-,24+,25+/m1/s1. The summed E-state index contributed by atoms with van der Waals surface area (Å²) in [6.07, 6.45) is 3.31. The van der Waals surface area contributed by atoms with E-state index < -0.39 is 18.0 Å². The number of para-hydroxylation sites is 1. The van der Waals surface area contributed by atoms with E-state index in [-0.39, 0.29) is 23.7 Å². The van der Waals surface area contributed by atoms with E-state index in [1.807, 2.05) is 18.2 Å². The molecule has 0 spiro atoms. The Balaban J connectivity index is 1.32. The number of amides is 1. The minimum Gasteiger partial charge on any atom is -0.487 e. The van der Waals surface area contributed by atoms with Crippen LogP contribution in [0.15, 0.2) is 73.2 Å². The van der Waals surface area contributed by atoms with E-state index in [1.165, 1.54) is 36.4 Å². The molecule has 35 heavy (non-hydrogen) atoms. The van der Waals surface area contributed by atoms with Gasteiger partial charge in [0.25, 0.3) is 5.91 Å². The van der Waals surface area contributed by atoms with Crippen LogP contribution in [0, 0.1) is 5.82 Å². The number of nitrogens with zero attached hydrogens (tertiary/aromatic N) is 4. The Hall–Kier alpha value is -3.56. The largest absolute Gasteiger partial charge is 0.487 e. The van der Waals surface area contributed by atoms with Crippen LogP contribution in [0.4, 0.5) is 10.1 Å². The van der Waals surface area contributed by atoms with Crippen molar-refractivity contribution in [3.8, 4) is 5.75 Å². The fraction of sp³-hybridized carbons (Fsp3) is 0.346. The Morgan fingerprint density at radius 3 is 2.57 bits per heavy atom. The maximum Gasteiger partial charge on any atom is 0.271 e. The van der Waals surface area contributed by atoms with Crippen LogP contribution in [-0.2, 0) is 0 Å². The summed E-state index contributed by atoms with van der Waals surface area (Å²) in [6, 6.07) is 15.4. The highest BCUT2D eigenvalue weighted by atomic mass is 19.1. The van der Waals surface area contributed by atoms with Crippen LogP contribution < -0.4 is 15.0 Å². The van der Waals surface area contributed by atoms with Crippen LogP contribution in [0.1, 0.15) is 16.9 Å². The Bertz CT molecular complexity index is 1130. The number of aromatic nitrogens is 2. The normalized spacial score (nSPS) is 24.8. The average molecular weight is 478 g/mol. The van der Waals surface area contributed by atoms with Gasteiger partial charge in [-0.2, -0.15) is 0 Å². The highest BCUT2D eigenvalue weighted by Gasteiger charge is 2.48. The molecule has 2 aromatic carbocycles.